The Balaban J connectivity index is 0.000000444. The second-order valence-corrected chi connectivity index (χ2v) is 5.74. The van der Waals surface area contributed by atoms with Crippen LogP contribution in [0.1, 0.15) is 18.4 Å². The molecule has 12 heteroatoms. The zero-order valence-electron chi connectivity index (χ0n) is 14.3. The summed E-state index contributed by atoms with van der Waals surface area (Å²) in [6.07, 6.45) is -7.65. The predicted molar refractivity (Wildman–Crippen MR) is 84.6 cm³/mol. The summed E-state index contributed by atoms with van der Waals surface area (Å²) in [4.78, 5) is 17.8. The highest BCUT2D eigenvalue weighted by atomic mass is 19.4. The molecular weight excluding hydrogens is 400 g/mol. The number of carbonyl (C=O) groups is 2. The van der Waals surface area contributed by atoms with E-state index in [1.54, 1.807) is 0 Å². The van der Waals surface area contributed by atoms with E-state index in [1.165, 1.54) is 5.56 Å². The molecular formula is C16H19F6NO5. The molecule has 160 valence electrons. The zero-order chi connectivity index (χ0) is 22.0. The van der Waals surface area contributed by atoms with E-state index in [4.69, 9.17) is 19.8 Å². The topological polar surface area (TPSA) is 107 Å². The van der Waals surface area contributed by atoms with Crippen LogP contribution >= 0.6 is 0 Å². The monoisotopic (exact) mass is 419 g/mol. The van der Waals surface area contributed by atoms with Crippen molar-refractivity contribution in [2.45, 2.75) is 37.2 Å². The van der Waals surface area contributed by atoms with E-state index in [1.807, 2.05) is 18.2 Å². The Morgan fingerprint density at radius 1 is 0.893 bits per heavy atom. The third-order valence-electron chi connectivity index (χ3n) is 3.40. The number of hydrogen-bond acceptors (Lipinski definition) is 4. The second kappa shape index (κ2) is 10.9. The van der Waals surface area contributed by atoms with Gasteiger partial charge >= 0.3 is 24.3 Å². The van der Waals surface area contributed by atoms with Crippen molar-refractivity contribution in [1.29, 1.82) is 0 Å². The van der Waals surface area contributed by atoms with Crippen molar-refractivity contribution in [2.75, 3.05) is 13.1 Å². The van der Waals surface area contributed by atoms with Crippen LogP contribution in [-0.4, -0.2) is 58.3 Å². The molecule has 6 nitrogen and oxygen atoms in total. The summed E-state index contributed by atoms with van der Waals surface area (Å²) in [7, 11) is 0. The number of carboxylic acids is 2. The van der Waals surface area contributed by atoms with Gasteiger partial charge in [0.15, 0.2) is 0 Å². The number of hydrogen-bond donors (Lipinski definition) is 4. The SMILES string of the molecule is O=C(O)C(F)(F)F.O=C(O)C(F)(F)F.OC1(Cc2ccccc2)CCNCC1. The minimum Gasteiger partial charge on any atom is -0.475 e. The number of benzene rings is 1. The fourth-order valence-electron chi connectivity index (χ4n) is 2.04. The fraction of sp³-hybridized carbons (Fsp3) is 0.500. The summed E-state index contributed by atoms with van der Waals surface area (Å²) < 4.78 is 63.5. The molecule has 0 bridgehead atoms. The summed E-state index contributed by atoms with van der Waals surface area (Å²) >= 11 is 0. The van der Waals surface area contributed by atoms with Gasteiger partial charge in [-0.1, -0.05) is 30.3 Å². The lowest BCUT2D eigenvalue weighted by Gasteiger charge is -2.32. The molecule has 1 aromatic carbocycles. The van der Waals surface area contributed by atoms with Crippen molar-refractivity contribution < 1.29 is 51.3 Å². The summed E-state index contributed by atoms with van der Waals surface area (Å²) in [5, 5.41) is 27.8. The van der Waals surface area contributed by atoms with Gasteiger partial charge in [0.05, 0.1) is 5.60 Å². The van der Waals surface area contributed by atoms with Gasteiger partial charge < -0.3 is 20.6 Å². The first kappa shape index (κ1) is 25.7. The Labute approximate surface area is 155 Å². The number of halogens is 6. The van der Waals surface area contributed by atoms with E-state index in [-0.39, 0.29) is 0 Å². The predicted octanol–water partition coefficient (Wildman–Crippen LogP) is 2.61. The van der Waals surface area contributed by atoms with Gasteiger partial charge in [-0.25, -0.2) is 9.59 Å². The van der Waals surface area contributed by atoms with Crippen molar-refractivity contribution in [1.82, 2.24) is 5.32 Å². The van der Waals surface area contributed by atoms with E-state index >= 15 is 0 Å². The Morgan fingerprint density at radius 3 is 1.57 bits per heavy atom. The van der Waals surface area contributed by atoms with Crippen LogP contribution in [0.2, 0.25) is 0 Å². The van der Waals surface area contributed by atoms with Crippen molar-refractivity contribution in [3.05, 3.63) is 35.9 Å². The van der Waals surface area contributed by atoms with Crippen molar-refractivity contribution >= 4 is 11.9 Å². The highest BCUT2D eigenvalue weighted by Gasteiger charge is 2.38. The van der Waals surface area contributed by atoms with E-state index in [0.717, 1.165) is 32.4 Å². The van der Waals surface area contributed by atoms with Gasteiger partial charge in [0, 0.05) is 6.42 Å². The lowest BCUT2D eigenvalue weighted by molar-refractivity contribution is -0.193. The zero-order valence-corrected chi connectivity index (χ0v) is 14.3. The molecule has 0 radical (unpaired) electrons. The molecule has 1 heterocycles. The number of nitrogens with one attached hydrogen (secondary N) is 1. The van der Waals surface area contributed by atoms with Crippen molar-refractivity contribution in [3.8, 4) is 0 Å². The molecule has 1 aliphatic heterocycles. The third kappa shape index (κ3) is 11.4. The Kier molecular flexibility index (Phi) is 9.95. The molecule has 1 aromatic rings. The summed E-state index contributed by atoms with van der Waals surface area (Å²) in [5.74, 6) is -5.51. The quantitative estimate of drug-likeness (QED) is 0.549. The average Bonchev–Trinajstić information content (AvgIpc) is 2.55. The molecule has 0 spiro atoms. The molecule has 0 amide bonds. The van der Waals surface area contributed by atoms with Gasteiger partial charge in [-0.15, -0.1) is 0 Å². The first-order valence-corrected chi connectivity index (χ1v) is 7.74. The van der Waals surface area contributed by atoms with Crippen LogP contribution in [0.5, 0.6) is 0 Å². The van der Waals surface area contributed by atoms with E-state index < -0.39 is 29.9 Å². The summed E-state index contributed by atoms with van der Waals surface area (Å²) in [6.45, 7) is 1.87. The first-order chi connectivity index (χ1) is 12.7. The number of rotatable bonds is 2. The largest absolute Gasteiger partial charge is 0.490 e. The first-order valence-electron chi connectivity index (χ1n) is 7.74. The molecule has 4 N–H and O–H groups in total. The van der Waals surface area contributed by atoms with Gasteiger partial charge in [-0.05, 0) is 31.5 Å². The second-order valence-electron chi connectivity index (χ2n) is 5.74. The molecule has 0 aromatic heterocycles. The van der Waals surface area contributed by atoms with Crippen LogP contribution in [0.15, 0.2) is 30.3 Å². The third-order valence-corrected chi connectivity index (χ3v) is 3.40. The molecule has 0 aliphatic carbocycles. The maximum atomic E-state index is 10.6. The molecule has 1 saturated heterocycles. The van der Waals surface area contributed by atoms with Gasteiger partial charge in [0.2, 0.25) is 0 Å². The number of carboxylic acid groups (broad SMARTS) is 2. The van der Waals surface area contributed by atoms with Gasteiger partial charge in [-0.3, -0.25) is 0 Å². The van der Waals surface area contributed by atoms with Gasteiger partial charge in [0.25, 0.3) is 0 Å². The van der Waals surface area contributed by atoms with Crippen LogP contribution < -0.4 is 5.32 Å². The summed E-state index contributed by atoms with van der Waals surface area (Å²) in [6, 6.07) is 10.2. The lowest BCUT2D eigenvalue weighted by atomic mass is 9.86. The van der Waals surface area contributed by atoms with Gasteiger partial charge in [-0.2, -0.15) is 26.3 Å². The van der Waals surface area contributed by atoms with Gasteiger partial charge in [0.1, 0.15) is 0 Å². The van der Waals surface area contributed by atoms with Crippen LogP contribution in [0.4, 0.5) is 26.3 Å². The fourth-order valence-corrected chi connectivity index (χ4v) is 2.04. The number of piperidine rings is 1. The van der Waals surface area contributed by atoms with E-state index in [2.05, 4.69) is 17.4 Å². The highest BCUT2D eigenvalue weighted by molar-refractivity contribution is 5.73. The maximum Gasteiger partial charge on any atom is 0.490 e. The molecule has 2 rings (SSSR count). The standard InChI is InChI=1S/C12H17NO.2C2HF3O2/c14-12(6-8-13-9-7-12)10-11-4-2-1-3-5-11;2*3-2(4,5)1(6)7/h1-5,13-14H,6-10H2;2*(H,6,7). The Morgan fingerprint density at radius 2 is 1.25 bits per heavy atom. The van der Waals surface area contributed by atoms with Crippen LogP contribution in [-0.2, 0) is 16.0 Å². The average molecular weight is 419 g/mol. The molecule has 0 unspecified atom stereocenters. The minimum absolute atomic E-state index is 0.480. The molecule has 0 saturated carbocycles. The number of aliphatic hydroxyl groups is 1. The summed E-state index contributed by atoms with van der Waals surface area (Å²) in [5.41, 5.74) is 0.754. The number of aliphatic carboxylic acids is 2. The molecule has 28 heavy (non-hydrogen) atoms. The van der Waals surface area contributed by atoms with E-state index in [9.17, 15) is 31.4 Å². The Hall–Kier alpha value is -2.34. The van der Waals surface area contributed by atoms with Crippen molar-refractivity contribution in [2.24, 2.45) is 0 Å². The van der Waals surface area contributed by atoms with E-state index in [0.29, 0.717) is 0 Å². The maximum absolute atomic E-state index is 10.6. The highest BCUT2D eigenvalue weighted by Crippen LogP contribution is 2.22. The molecule has 1 aliphatic rings. The molecule has 0 atom stereocenters. The van der Waals surface area contributed by atoms with Crippen LogP contribution in [0.3, 0.4) is 0 Å². The van der Waals surface area contributed by atoms with Crippen LogP contribution in [0.25, 0.3) is 0 Å². The smallest absolute Gasteiger partial charge is 0.475 e. The Bertz CT molecular complexity index is 588. The minimum atomic E-state index is -5.08. The normalized spacial score (nSPS) is 16.0. The lowest BCUT2D eigenvalue weighted by Crippen LogP contribution is -2.43. The molecule has 1 fully saturated rings. The number of alkyl halides is 6. The van der Waals surface area contributed by atoms with Crippen LogP contribution in [0, 0.1) is 0 Å². The van der Waals surface area contributed by atoms with Crippen molar-refractivity contribution in [3.63, 3.8) is 0 Å².